The third-order valence-corrected chi connectivity index (χ3v) is 5.22. The highest BCUT2D eigenvalue weighted by molar-refractivity contribution is 7.89. The number of anilines is 1. The van der Waals surface area contributed by atoms with Gasteiger partial charge < -0.3 is 10.4 Å². The Morgan fingerprint density at radius 2 is 2.19 bits per heavy atom. The first kappa shape index (κ1) is 16.5. The summed E-state index contributed by atoms with van der Waals surface area (Å²) in [5.41, 5.74) is 0. The number of pyridine rings is 1. The maximum atomic E-state index is 12.2. The van der Waals surface area contributed by atoms with Crippen LogP contribution in [0.4, 0.5) is 5.82 Å². The van der Waals surface area contributed by atoms with Gasteiger partial charge in [-0.3, -0.25) is 0 Å². The lowest BCUT2D eigenvalue weighted by molar-refractivity contribution is 0.270. The number of nitrogens with zero attached hydrogens (tertiary/aromatic N) is 1. The van der Waals surface area contributed by atoms with E-state index in [1.165, 1.54) is 12.3 Å². The maximum absolute atomic E-state index is 12.2. The number of hydrogen-bond acceptors (Lipinski definition) is 5. The van der Waals surface area contributed by atoms with Crippen molar-refractivity contribution in [1.29, 1.82) is 0 Å². The molecule has 1 fully saturated rings. The number of aliphatic hydroxyl groups excluding tert-OH is 1. The molecule has 3 N–H and O–H groups in total. The molecule has 0 radical (unpaired) electrons. The normalized spacial score (nSPS) is 21.9. The van der Waals surface area contributed by atoms with E-state index in [1.54, 1.807) is 0 Å². The quantitative estimate of drug-likeness (QED) is 0.659. The lowest BCUT2D eigenvalue weighted by Crippen LogP contribution is -2.43. The number of halogens is 1. The van der Waals surface area contributed by atoms with Crippen LogP contribution in [0.25, 0.3) is 0 Å². The first-order chi connectivity index (χ1) is 9.92. The third kappa shape index (κ3) is 4.29. The highest BCUT2D eigenvalue weighted by atomic mass is 35.5. The molecule has 21 heavy (non-hydrogen) atoms. The van der Waals surface area contributed by atoms with Crippen molar-refractivity contribution in [2.45, 2.75) is 37.1 Å². The summed E-state index contributed by atoms with van der Waals surface area (Å²) >= 11 is 6.04. The first-order valence-corrected chi connectivity index (χ1v) is 8.81. The van der Waals surface area contributed by atoms with Crippen molar-refractivity contribution >= 4 is 27.4 Å². The van der Waals surface area contributed by atoms with Crippen LogP contribution < -0.4 is 10.0 Å². The SMILES string of the molecule is CC1CC(NS(=O)(=O)c2cnc(NCCCO)c(Cl)c2)C1. The molecule has 2 rings (SSSR count). The lowest BCUT2D eigenvalue weighted by Gasteiger charge is -2.32. The van der Waals surface area contributed by atoms with E-state index in [-0.39, 0.29) is 22.6 Å². The molecule has 1 aliphatic carbocycles. The molecule has 0 saturated heterocycles. The van der Waals surface area contributed by atoms with E-state index in [9.17, 15) is 8.42 Å². The van der Waals surface area contributed by atoms with Crippen molar-refractivity contribution in [3.63, 3.8) is 0 Å². The summed E-state index contributed by atoms with van der Waals surface area (Å²) in [4.78, 5) is 4.11. The van der Waals surface area contributed by atoms with E-state index in [4.69, 9.17) is 16.7 Å². The van der Waals surface area contributed by atoms with Crippen molar-refractivity contribution in [1.82, 2.24) is 9.71 Å². The van der Waals surface area contributed by atoms with Crippen molar-refractivity contribution < 1.29 is 13.5 Å². The number of aliphatic hydroxyl groups is 1. The molecule has 0 spiro atoms. The Balaban J connectivity index is 2.04. The van der Waals surface area contributed by atoms with Crippen LogP contribution in [0.15, 0.2) is 17.2 Å². The van der Waals surface area contributed by atoms with Gasteiger partial charge in [0.15, 0.2) is 0 Å². The second kappa shape index (κ2) is 6.91. The molecule has 1 aromatic heterocycles. The second-order valence-corrected chi connectivity index (χ2v) is 7.52. The zero-order valence-electron chi connectivity index (χ0n) is 11.8. The van der Waals surface area contributed by atoms with Crippen LogP contribution in [0.2, 0.25) is 5.02 Å². The Labute approximate surface area is 130 Å². The van der Waals surface area contributed by atoms with Gasteiger partial charge >= 0.3 is 0 Å². The van der Waals surface area contributed by atoms with Gasteiger partial charge in [-0.25, -0.2) is 18.1 Å². The van der Waals surface area contributed by atoms with E-state index in [0.29, 0.717) is 24.7 Å². The molecule has 118 valence electrons. The van der Waals surface area contributed by atoms with Gasteiger partial charge in [-0.2, -0.15) is 0 Å². The van der Waals surface area contributed by atoms with Crippen LogP contribution in [0, 0.1) is 5.92 Å². The van der Waals surface area contributed by atoms with E-state index in [0.717, 1.165) is 12.8 Å². The van der Waals surface area contributed by atoms with Gasteiger partial charge in [0.05, 0.1) is 5.02 Å². The Kier molecular flexibility index (Phi) is 5.43. The largest absolute Gasteiger partial charge is 0.396 e. The molecule has 1 aliphatic rings. The minimum atomic E-state index is -3.57. The summed E-state index contributed by atoms with van der Waals surface area (Å²) in [6.07, 6.45) is 3.58. The van der Waals surface area contributed by atoms with Gasteiger partial charge in [-0.1, -0.05) is 18.5 Å². The Morgan fingerprint density at radius 3 is 2.76 bits per heavy atom. The summed E-state index contributed by atoms with van der Waals surface area (Å²) in [7, 11) is -3.57. The fourth-order valence-electron chi connectivity index (χ4n) is 2.27. The average molecular weight is 334 g/mol. The number of sulfonamides is 1. The van der Waals surface area contributed by atoms with E-state index < -0.39 is 10.0 Å². The number of nitrogens with one attached hydrogen (secondary N) is 2. The van der Waals surface area contributed by atoms with Gasteiger partial charge in [0.25, 0.3) is 0 Å². The molecule has 0 unspecified atom stereocenters. The predicted octanol–water partition coefficient (Wildman–Crippen LogP) is 1.61. The van der Waals surface area contributed by atoms with Crippen molar-refractivity contribution in [2.75, 3.05) is 18.5 Å². The molecule has 8 heteroatoms. The monoisotopic (exact) mass is 333 g/mol. The minimum absolute atomic E-state index is 0.00568. The summed E-state index contributed by atoms with van der Waals surface area (Å²) < 4.78 is 27.1. The molecule has 1 heterocycles. The molecule has 0 bridgehead atoms. The van der Waals surface area contributed by atoms with Gasteiger partial charge in [-0.15, -0.1) is 0 Å². The number of rotatable bonds is 7. The second-order valence-electron chi connectivity index (χ2n) is 5.40. The summed E-state index contributed by atoms with van der Waals surface area (Å²) in [5, 5.41) is 11.9. The van der Waals surface area contributed by atoms with Gasteiger partial charge in [0, 0.05) is 25.4 Å². The Morgan fingerprint density at radius 1 is 1.48 bits per heavy atom. The molecule has 6 nitrogen and oxygen atoms in total. The van der Waals surface area contributed by atoms with Crippen molar-refractivity contribution in [3.8, 4) is 0 Å². The summed E-state index contributed by atoms with van der Waals surface area (Å²) in [6, 6.07) is 1.39. The summed E-state index contributed by atoms with van der Waals surface area (Å²) in [5.74, 6) is 0.985. The Hall–Kier alpha value is -0.890. The van der Waals surface area contributed by atoms with Crippen molar-refractivity contribution in [3.05, 3.63) is 17.3 Å². The Bertz CT molecular complexity index is 588. The van der Waals surface area contributed by atoms with Crippen LogP contribution in [0.5, 0.6) is 0 Å². The highest BCUT2D eigenvalue weighted by Gasteiger charge is 2.30. The molecular formula is C13H20ClN3O3S. The van der Waals surface area contributed by atoms with E-state index >= 15 is 0 Å². The summed E-state index contributed by atoms with van der Waals surface area (Å²) in [6.45, 7) is 2.68. The first-order valence-electron chi connectivity index (χ1n) is 6.95. The van der Waals surface area contributed by atoms with Gasteiger partial charge in [-0.05, 0) is 31.2 Å². The van der Waals surface area contributed by atoms with Crippen LogP contribution in [0.1, 0.15) is 26.2 Å². The molecule has 0 amide bonds. The molecular weight excluding hydrogens is 314 g/mol. The average Bonchev–Trinajstić information content (AvgIpc) is 2.38. The third-order valence-electron chi connectivity index (χ3n) is 3.45. The van der Waals surface area contributed by atoms with Crippen LogP contribution in [-0.4, -0.2) is 37.7 Å². The lowest BCUT2D eigenvalue weighted by atomic mass is 9.83. The highest BCUT2D eigenvalue weighted by Crippen LogP contribution is 2.28. The fraction of sp³-hybridized carbons (Fsp3) is 0.615. The standard InChI is InChI=1S/C13H20ClN3O3S/c1-9-5-10(6-9)17-21(19,20)11-7-12(14)13(16-8-11)15-3-2-4-18/h7-10,17-18H,2-6H2,1H3,(H,15,16). The minimum Gasteiger partial charge on any atom is -0.396 e. The molecule has 1 aromatic rings. The van der Waals surface area contributed by atoms with Crippen LogP contribution in [0.3, 0.4) is 0 Å². The van der Waals surface area contributed by atoms with E-state index in [1.807, 2.05) is 0 Å². The fourth-order valence-corrected chi connectivity index (χ4v) is 3.80. The number of aromatic nitrogens is 1. The van der Waals surface area contributed by atoms with E-state index in [2.05, 4.69) is 21.9 Å². The number of hydrogen-bond donors (Lipinski definition) is 3. The molecule has 0 aromatic carbocycles. The van der Waals surface area contributed by atoms with Gasteiger partial charge in [0.2, 0.25) is 10.0 Å². The molecule has 1 saturated carbocycles. The zero-order chi connectivity index (χ0) is 15.5. The maximum Gasteiger partial charge on any atom is 0.242 e. The topological polar surface area (TPSA) is 91.3 Å². The van der Waals surface area contributed by atoms with Crippen LogP contribution >= 0.6 is 11.6 Å². The predicted molar refractivity (Wildman–Crippen MR) is 81.9 cm³/mol. The van der Waals surface area contributed by atoms with Crippen molar-refractivity contribution in [2.24, 2.45) is 5.92 Å². The zero-order valence-corrected chi connectivity index (χ0v) is 13.4. The molecule has 0 atom stereocenters. The smallest absolute Gasteiger partial charge is 0.242 e. The van der Waals surface area contributed by atoms with Gasteiger partial charge in [0.1, 0.15) is 10.7 Å². The van der Waals surface area contributed by atoms with Crippen LogP contribution in [-0.2, 0) is 10.0 Å². The molecule has 0 aliphatic heterocycles.